The summed E-state index contributed by atoms with van der Waals surface area (Å²) in [5.41, 5.74) is 8.35. The van der Waals surface area contributed by atoms with E-state index in [1.165, 1.54) is 72.0 Å². The van der Waals surface area contributed by atoms with Crippen molar-refractivity contribution < 1.29 is 172 Å². The zero-order chi connectivity index (χ0) is 102. The van der Waals surface area contributed by atoms with Gasteiger partial charge in [0.15, 0.2) is 48.1 Å². The van der Waals surface area contributed by atoms with Crippen LogP contribution < -0.4 is 68.2 Å². The number of carboxylic acid groups (broad SMARTS) is 4. The molecule has 0 spiro atoms. The van der Waals surface area contributed by atoms with E-state index in [1.54, 1.807) is 30.7 Å². The van der Waals surface area contributed by atoms with Gasteiger partial charge < -0.3 is 164 Å². The third kappa shape index (κ3) is 24.9. The number of carbonyl (C=O) groups is 14. The average Bonchev–Trinajstić information content (AvgIpc) is 1.55. The van der Waals surface area contributed by atoms with E-state index in [9.17, 15) is 114 Å². The molecule has 11 bridgehead atoms. The van der Waals surface area contributed by atoms with Gasteiger partial charge in [-0.15, -0.1) is 11.8 Å². The monoisotopic (exact) mass is 2120 g/mol. The van der Waals surface area contributed by atoms with Gasteiger partial charge in [-0.3, -0.25) is 57.6 Å². The van der Waals surface area contributed by atoms with E-state index in [0.717, 1.165) is 66.7 Å². The first-order valence-corrected chi connectivity index (χ1v) is 45.8. The first-order chi connectivity index (χ1) is 66.0. The van der Waals surface area contributed by atoms with Gasteiger partial charge in [-0.1, -0.05) is 55.2 Å². The van der Waals surface area contributed by atoms with Crippen LogP contribution in [0.25, 0.3) is 11.1 Å². The molecule has 0 unspecified atom stereocenters. The number of carbonyl (C=O) groups excluding carboxylic acids is 10. The van der Waals surface area contributed by atoms with Crippen LogP contribution in [0.15, 0.2) is 108 Å². The van der Waals surface area contributed by atoms with E-state index in [4.69, 9.17) is 78.0 Å². The van der Waals surface area contributed by atoms with Crippen LogP contribution in [0.5, 0.6) is 46.0 Å². The molecule has 1 aromatic heterocycles. The summed E-state index contributed by atoms with van der Waals surface area (Å²) in [4.78, 5) is 189. The fraction of sp³-hybridized carbons (Fsp3) is 0.438. The Kier molecular flexibility index (Phi) is 38.6. The summed E-state index contributed by atoms with van der Waals surface area (Å²) in [5.74, 6) is -22.3. The second-order valence-electron chi connectivity index (χ2n) is 35.2. The number of nitrogens with one attached hydrogen (secondary N) is 8. The number of amides is 10. The molecule has 0 aliphatic carbocycles. The number of nitrogens with zero attached hydrogens (tertiary/aromatic N) is 2. The number of thioether (sulfide) groups is 1. The molecule has 47 nitrogen and oxygen atoms in total. The minimum absolute atomic E-state index is 0. The molecule has 3 radical (unpaired) electrons. The summed E-state index contributed by atoms with van der Waals surface area (Å²) in [6.07, 6.45) is -17.5. The fourth-order valence-electron chi connectivity index (χ4n) is 17.4. The van der Waals surface area contributed by atoms with Crippen LogP contribution in [0.4, 0.5) is 0 Å². The quantitative estimate of drug-likeness (QED) is 0.0233. The number of aliphatic hydroxyl groups is 7. The summed E-state index contributed by atoms with van der Waals surface area (Å²) in [6, 6.07) is -2.08. The average molecular weight is 2120 g/mol. The van der Waals surface area contributed by atoms with Crippen LogP contribution in [-0.4, -0.2) is 408 Å². The Morgan fingerprint density at radius 3 is 1.84 bits per heavy atom. The van der Waals surface area contributed by atoms with E-state index >= 15 is 14.4 Å². The van der Waals surface area contributed by atoms with Gasteiger partial charge in [0.05, 0.1) is 54.4 Å². The molecule has 5 aromatic carbocycles. The Hall–Kier alpha value is -9.19. The standard InChI is InChI=1S/C66H75Cl2N9O24.C15H16N2O6S2.C8H9NO5.K.2Na/c1-23(2)12-34(71-5)58(88)76-49-51(83)26-7-10-38(32(67)14-26)97-40-16-28-17-41(55(40)101-65-56(54(86)53(85)42(22-78)99-65)100-44-21-66(4,70)57(87)24(3)96-44)98-39-11-8-27(15-33(39)68)52(84)50-63(93)75-48(64(94)95)31-18-29(79)19-37(81)45(31)30-13-25(6-9-36(30)80)46(60(90)77-50)74-61(91)47(28)73-59(89)35(20-43(69)82)72-62(49)92;1-15(2)9(14(22)23)17-11(19)8(12(17)25-15)16-10(18)7(13(20)21)6-3-4-24-5-6;10-2-1-4-7(8(12)13)9-5(11)3-6(9)14-4;;;/h6-11,13-19,23-24,34-35,42,44,46-54,56-57,65,71,78-81,83-87H,12,20-22,70H2,1-5H3,(H2,69,82)(H,72,92)(H,73,89)(H,74,91)(H,75,93)(H,76,88)(H,77,90)(H,94,95);3-5,7-9,12H,1-2H3,(H,16,18)(H,20,21)(H,22,23);1,6-7,10H,2-3H2,(H,12,13);;;/b;;4-1-;;;/t24-,34+,35-,42+,44-,46+,47+,48-,49+,50-,51+,52+,53+,54-,56+,57+,65-,66-;7-,8-,9+,12-;6-,7-;;;/m011.../s1. The fourth-order valence-corrected chi connectivity index (χ4v) is 20.1. The maximum absolute atomic E-state index is 16.0. The number of β-lactam (4-membered cyclic amide) rings is 2. The number of phenolic OH excluding ortho intramolecular Hbond substituents is 3. The number of aliphatic hydroxyl groups excluding tert-OH is 7. The minimum Gasteiger partial charge on any atom is -0.508 e. The van der Waals surface area contributed by atoms with Crippen LogP contribution in [0.3, 0.4) is 0 Å². The van der Waals surface area contributed by atoms with Crippen molar-refractivity contribution >= 4 is 240 Å². The van der Waals surface area contributed by atoms with E-state index in [0.29, 0.717) is 5.56 Å². The van der Waals surface area contributed by atoms with Gasteiger partial charge in [0.25, 0.3) is 0 Å². The number of thiophene rings is 1. The summed E-state index contributed by atoms with van der Waals surface area (Å²) in [5, 5.41) is 172. The zero-order valence-corrected chi connectivity index (χ0v) is 88.1. The third-order valence-electron chi connectivity index (χ3n) is 24.4. The van der Waals surface area contributed by atoms with Crippen LogP contribution in [0, 0.1) is 5.92 Å². The number of primary amides is 1. The Morgan fingerprint density at radius 1 is 0.678 bits per heavy atom. The molecule has 6 saturated heterocycles. The van der Waals surface area contributed by atoms with Crippen molar-refractivity contribution in [1.29, 1.82) is 0 Å². The second kappa shape index (κ2) is 47.8. The molecule has 24 atom stereocenters. The zero-order valence-electron chi connectivity index (χ0n) is 77.9. The molecule has 17 rings (SSSR count). The second-order valence-corrected chi connectivity index (χ2v) is 38.6. The van der Waals surface area contributed by atoms with Gasteiger partial charge in [-0.05, 0) is 152 Å². The number of phenols is 3. The smallest absolute Gasteiger partial charge is 0.334 e. The van der Waals surface area contributed by atoms with Gasteiger partial charge in [-0.25, -0.2) is 14.4 Å². The number of aromatic hydroxyl groups is 3. The largest absolute Gasteiger partial charge is 0.508 e. The number of hydrogen-bond donors (Lipinski definition) is 24. The van der Waals surface area contributed by atoms with Crippen molar-refractivity contribution in [3.8, 4) is 57.1 Å². The predicted molar refractivity (Wildman–Crippen MR) is 500 cm³/mol. The molecular weight excluding hydrogens is 2020 g/mol. The molecule has 54 heteroatoms. The topological polar surface area (TPSA) is 742 Å². The van der Waals surface area contributed by atoms with Crippen molar-refractivity contribution in [2.45, 2.75) is 217 Å². The van der Waals surface area contributed by atoms with Gasteiger partial charge in [0.2, 0.25) is 71.1 Å². The molecule has 6 fully saturated rings. The number of rotatable bonds is 20. The first kappa shape index (κ1) is 116. The summed E-state index contributed by atoms with van der Waals surface area (Å²) >= 11 is 16.7. The Balaban J connectivity index is 0.000000410. The van der Waals surface area contributed by atoms with Crippen LogP contribution in [0.2, 0.25) is 10.0 Å². The van der Waals surface area contributed by atoms with E-state index < -0.39 is 307 Å². The van der Waals surface area contributed by atoms with E-state index in [1.807, 2.05) is 13.8 Å². The molecule has 0 saturated carbocycles. The number of halogens is 2. The molecule has 143 heavy (non-hydrogen) atoms. The van der Waals surface area contributed by atoms with Crippen molar-refractivity contribution in [3.63, 3.8) is 0 Å². The maximum Gasteiger partial charge on any atom is 0.334 e. The normalized spacial score (nSPS) is 28.9. The van der Waals surface area contributed by atoms with Crippen molar-refractivity contribution in [3.05, 3.63) is 151 Å². The van der Waals surface area contributed by atoms with Crippen LogP contribution in [-0.2, 0) is 86.1 Å². The number of carboxylic acids is 4. The summed E-state index contributed by atoms with van der Waals surface area (Å²) in [7, 11) is 1.47. The summed E-state index contributed by atoms with van der Waals surface area (Å²) in [6.45, 7) is 8.82. The molecule has 11 aliphatic heterocycles. The number of aliphatic carboxylic acids is 4. The number of fused-ring (bicyclic) bond motifs is 17. The van der Waals surface area contributed by atoms with Crippen molar-refractivity contribution in [2.24, 2.45) is 17.4 Å². The van der Waals surface area contributed by atoms with Crippen molar-refractivity contribution in [2.75, 3.05) is 20.3 Å². The predicted octanol–water partition coefficient (Wildman–Crippen LogP) is -1.58. The molecule has 11 aliphatic rings. The number of ether oxygens (including phenoxy) is 7. The number of nitrogens with two attached hydrogens (primary N) is 2. The Labute approximate surface area is 917 Å². The SMILES string of the molecule is CC1(C)S[C@@H]2[C@H](NC(=O)[C@H](C(=O)O)c3ccsc3)C(=O)N2[C@H]1C(=O)O.CN[C@H](CC(C)C)C(=O)N[C@H]1C(=O)N[C@@H](CC(N)=O)C(=O)N[C@H]2C(=O)N[C@H]3C(=O)N[C@H](C(=O)N[C@H](C(=O)O)c4cc(O)cc(O)c4-c4cc3ccc4O)[C@H](O)c3ccc(c(Cl)c3)Oc3cc2cc(c3O[C@@H]2O[C@H](CO)[C@@H](O)[C@H](O)[C@H]2O[C@H]2C[C@](C)(N)[C@H](O)[C@H](C)O2)Oc2ccc(cc2Cl)[C@H]1O.O=C(O)[C@H]1/C(=C/CO)O[C@@H]2CC(=O)N21.[K].[Na].[Na]. The maximum atomic E-state index is 16.0. The van der Waals surface area contributed by atoms with Gasteiger partial charge >= 0.3 is 23.9 Å². The Bertz CT molecular complexity index is 5940. The van der Waals surface area contributed by atoms with Gasteiger partial charge in [0, 0.05) is 150 Å². The Morgan fingerprint density at radius 2 is 1.29 bits per heavy atom. The summed E-state index contributed by atoms with van der Waals surface area (Å²) < 4.78 is 42.8. The van der Waals surface area contributed by atoms with Crippen LogP contribution in [0.1, 0.15) is 137 Å². The third-order valence-corrected chi connectivity index (χ3v) is 27.3. The van der Waals surface area contributed by atoms with E-state index in [-0.39, 0.29) is 181 Å². The number of benzene rings is 5. The molecule has 6 aromatic rings. The van der Waals surface area contributed by atoms with E-state index in [2.05, 4.69) is 42.5 Å². The minimum atomic E-state index is -2.35. The molecule has 10 amide bonds. The first-order valence-electron chi connectivity index (χ1n) is 43.2. The molecule has 26 N–H and O–H groups in total. The van der Waals surface area contributed by atoms with Crippen molar-refractivity contribution in [1.82, 2.24) is 52.3 Å². The molecular formula is C89H100Cl2KN12Na2O35S2. The van der Waals surface area contributed by atoms with Gasteiger partial charge in [-0.2, -0.15) is 11.3 Å². The van der Waals surface area contributed by atoms with Crippen LogP contribution >= 0.6 is 46.3 Å². The number of hydrogen-bond acceptors (Lipinski definition) is 35. The van der Waals surface area contributed by atoms with Gasteiger partial charge in [0.1, 0.15) is 113 Å². The molecule has 755 valence electrons. The number of likely N-dealkylation sites (N-methyl/N-ethyl adjacent to an activating group) is 1. The molecule has 12 heterocycles.